The molecule has 0 aliphatic carbocycles. The predicted molar refractivity (Wildman–Crippen MR) is 66.0 cm³/mol. The zero-order valence-corrected chi connectivity index (χ0v) is 9.91. The summed E-state index contributed by atoms with van der Waals surface area (Å²) in [5, 5.41) is 18.6. The van der Waals surface area contributed by atoms with Crippen LogP contribution in [0.2, 0.25) is 0 Å². The summed E-state index contributed by atoms with van der Waals surface area (Å²) < 4.78 is 7.90. The molecule has 0 amide bonds. The molecule has 1 aromatic heterocycles. The molecule has 2 heterocycles. The number of ether oxygens (including phenoxy) is 1. The van der Waals surface area contributed by atoms with Gasteiger partial charge in [-0.2, -0.15) is 0 Å². The minimum absolute atomic E-state index is 0.0317. The summed E-state index contributed by atoms with van der Waals surface area (Å²) in [7, 11) is 0. The molecule has 4 heteroatoms. The molecule has 0 unspecified atom stereocenters. The molecule has 1 atom stereocenters. The van der Waals surface area contributed by atoms with Crippen molar-refractivity contribution in [3.63, 3.8) is 0 Å². The fourth-order valence-corrected chi connectivity index (χ4v) is 2.35. The molecular weight excluding hydrogens is 230 g/mol. The second-order valence-electron chi connectivity index (χ2n) is 4.48. The number of hydrogen-bond acceptors (Lipinski definition) is 3. The maximum absolute atomic E-state index is 9.28. The first-order chi connectivity index (χ1) is 8.78. The molecule has 0 radical (unpaired) electrons. The highest BCUT2D eigenvalue weighted by atomic mass is 16.5. The van der Waals surface area contributed by atoms with E-state index in [1.54, 1.807) is 12.1 Å². The largest absolute Gasteiger partial charge is 0.508 e. The van der Waals surface area contributed by atoms with Crippen LogP contribution >= 0.6 is 0 Å². The quantitative estimate of drug-likeness (QED) is 0.850. The van der Waals surface area contributed by atoms with Crippen LogP contribution in [0.25, 0.3) is 0 Å². The summed E-state index contributed by atoms with van der Waals surface area (Å²) in [4.78, 5) is 0. The Bertz CT molecular complexity index is 531. The van der Waals surface area contributed by atoms with E-state index in [1.807, 2.05) is 24.3 Å². The number of nitrogens with zero attached hydrogens (tertiary/aromatic N) is 1. The van der Waals surface area contributed by atoms with Crippen molar-refractivity contribution in [1.29, 1.82) is 0 Å². The van der Waals surface area contributed by atoms with Gasteiger partial charge in [0.2, 0.25) is 0 Å². The van der Waals surface area contributed by atoms with E-state index in [2.05, 4.69) is 4.57 Å². The minimum Gasteiger partial charge on any atom is -0.508 e. The lowest BCUT2D eigenvalue weighted by atomic mass is 10.1. The van der Waals surface area contributed by atoms with E-state index in [1.165, 1.54) is 0 Å². The van der Waals surface area contributed by atoms with Gasteiger partial charge in [0.1, 0.15) is 11.9 Å². The molecule has 0 spiro atoms. The number of hydrogen-bond donors (Lipinski definition) is 2. The molecule has 2 aromatic rings. The van der Waals surface area contributed by atoms with Gasteiger partial charge >= 0.3 is 0 Å². The summed E-state index contributed by atoms with van der Waals surface area (Å²) in [5.41, 5.74) is 3.04. The molecule has 3 rings (SSSR count). The van der Waals surface area contributed by atoms with E-state index in [0.29, 0.717) is 13.2 Å². The van der Waals surface area contributed by atoms with Crippen molar-refractivity contribution in [2.45, 2.75) is 25.9 Å². The highest BCUT2D eigenvalue weighted by molar-refractivity contribution is 5.28. The van der Waals surface area contributed by atoms with Crippen molar-refractivity contribution in [1.82, 2.24) is 4.57 Å². The molecule has 0 fully saturated rings. The van der Waals surface area contributed by atoms with Crippen molar-refractivity contribution in [3.05, 3.63) is 53.3 Å². The van der Waals surface area contributed by atoms with Crippen LogP contribution in [0, 0.1) is 0 Å². The summed E-state index contributed by atoms with van der Waals surface area (Å²) in [6, 6.07) is 11.0. The number of aromatic hydroxyl groups is 1. The zero-order valence-electron chi connectivity index (χ0n) is 9.91. The van der Waals surface area contributed by atoms with Crippen molar-refractivity contribution >= 4 is 0 Å². The fourth-order valence-electron chi connectivity index (χ4n) is 2.35. The van der Waals surface area contributed by atoms with Gasteiger partial charge in [-0.3, -0.25) is 0 Å². The van der Waals surface area contributed by atoms with Gasteiger partial charge in [-0.05, 0) is 29.8 Å². The maximum Gasteiger partial charge on any atom is 0.115 e. The molecule has 4 nitrogen and oxygen atoms in total. The number of phenolic OH excluding ortho intramolecular Hbond substituents is 1. The van der Waals surface area contributed by atoms with Crippen LogP contribution in [0.15, 0.2) is 36.4 Å². The van der Waals surface area contributed by atoms with Gasteiger partial charge < -0.3 is 19.5 Å². The number of aliphatic hydroxyl groups is 1. The lowest BCUT2D eigenvalue weighted by Crippen LogP contribution is -2.22. The lowest BCUT2D eigenvalue weighted by molar-refractivity contribution is 0.00131. The van der Waals surface area contributed by atoms with Gasteiger partial charge in [0.15, 0.2) is 0 Å². The Labute approximate surface area is 105 Å². The van der Waals surface area contributed by atoms with Crippen LogP contribution < -0.4 is 0 Å². The van der Waals surface area contributed by atoms with Gasteiger partial charge in [0.25, 0.3) is 0 Å². The first-order valence-electron chi connectivity index (χ1n) is 5.96. The molecule has 0 saturated carbocycles. The first-order valence-corrected chi connectivity index (χ1v) is 5.96. The summed E-state index contributed by atoms with van der Waals surface area (Å²) in [6.45, 7) is 1.29. The van der Waals surface area contributed by atoms with Gasteiger partial charge in [0.05, 0.1) is 19.8 Å². The van der Waals surface area contributed by atoms with E-state index < -0.39 is 0 Å². The fraction of sp³-hybridized carbons (Fsp3) is 0.286. The van der Waals surface area contributed by atoms with E-state index in [9.17, 15) is 10.2 Å². The van der Waals surface area contributed by atoms with Crippen LogP contribution in [0.3, 0.4) is 0 Å². The van der Waals surface area contributed by atoms with Crippen molar-refractivity contribution < 1.29 is 14.9 Å². The Balaban J connectivity index is 1.87. The lowest BCUT2D eigenvalue weighted by Gasteiger charge is -2.27. The van der Waals surface area contributed by atoms with Crippen LogP contribution in [-0.4, -0.2) is 14.8 Å². The normalized spacial score (nSPS) is 18.6. The third-order valence-electron chi connectivity index (χ3n) is 3.37. The molecule has 0 saturated heterocycles. The SMILES string of the molecule is OCc1ccc2n1C[C@@H](c1ccc(O)cc1)OC2. The molecule has 1 aromatic carbocycles. The Hall–Kier alpha value is -1.78. The molecule has 94 valence electrons. The third kappa shape index (κ3) is 1.89. The van der Waals surface area contributed by atoms with E-state index >= 15 is 0 Å². The number of aliphatic hydroxyl groups excluding tert-OH is 1. The van der Waals surface area contributed by atoms with Crippen molar-refractivity contribution in [2.75, 3.05) is 0 Å². The standard InChI is InChI=1S/C14H15NO3/c16-8-11-3-4-12-9-18-14(7-15(11)12)10-1-5-13(17)6-2-10/h1-6,14,16-17H,7-9H2/t14-/m0/s1. The molecule has 18 heavy (non-hydrogen) atoms. The number of aromatic nitrogens is 1. The molecule has 0 bridgehead atoms. The topological polar surface area (TPSA) is 54.6 Å². The van der Waals surface area contributed by atoms with E-state index in [-0.39, 0.29) is 18.5 Å². The van der Waals surface area contributed by atoms with Crippen LogP contribution in [-0.2, 0) is 24.5 Å². The van der Waals surface area contributed by atoms with Gasteiger partial charge in [-0.1, -0.05) is 12.1 Å². The molecular formula is C14H15NO3. The predicted octanol–water partition coefficient (Wildman–Crippen LogP) is 1.96. The minimum atomic E-state index is -0.0317. The second-order valence-corrected chi connectivity index (χ2v) is 4.48. The van der Waals surface area contributed by atoms with E-state index in [4.69, 9.17) is 4.74 Å². The van der Waals surface area contributed by atoms with Gasteiger partial charge in [-0.25, -0.2) is 0 Å². The van der Waals surface area contributed by atoms with Crippen LogP contribution in [0.5, 0.6) is 5.75 Å². The van der Waals surface area contributed by atoms with Crippen molar-refractivity contribution in [2.24, 2.45) is 0 Å². The Kier molecular flexibility index (Phi) is 2.81. The highest BCUT2D eigenvalue weighted by Gasteiger charge is 2.22. The molecule has 1 aliphatic rings. The number of rotatable bonds is 2. The van der Waals surface area contributed by atoms with Gasteiger partial charge in [0, 0.05) is 11.4 Å². The number of phenols is 1. The average Bonchev–Trinajstić information content (AvgIpc) is 2.81. The average molecular weight is 245 g/mol. The van der Waals surface area contributed by atoms with Crippen LogP contribution in [0.4, 0.5) is 0 Å². The first kappa shape index (κ1) is 11.3. The highest BCUT2D eigenvalue weighted by Crippen LogP contribution is 2.29. The zero-order chi connectivity index (χ0) is 12.5. The molecule has 1 aliphatic heterocycles. The van der Waals surface area contributed by atoms with Crippen LogP contribution in [0.1, 0.15) is 23.1 Å². The third-order valence-corrected chi connectivity index (χ3v) is 3.37. The van der Waals surface area contributed by atoms with Gasteiger partial charge in [-0.15, -0.1) is 0 Å². The van der Waals surface area contributed by atoms with E-state index in [0.717, 1.165) is 17.0 Å². The smallest absolute Gasteiger partial charge is 0.115 e. The Morgan fingerprint density at radius 1 is 1.17 bits per heavy atom. The van der Waals surface area contributed by atoms with Crippen molar-refractivity contribution in [3.8, 4) is 5.75 Å². The number of benzene rings is 1. The second kappa shape index (κ2) is 4.48. The maximum atomic E-state index is 9.28. The summed E-state index contributed by atoms with van der Waals surface area (Å²) in [6.07, 6.45) is -0.0317. The Morgan fingerprint density at radius 2 is 1.94 bits per heavy atom. The number of fused-ring (bicyclic) bond motifs is 1. The molecule has 2 N–H and O–H groups in total. The monoisotopic (exact) mass is 245 g/mol. The summed E-state index contributed by atoms with van der Waals surface area (Å²) >= 11 is 0. The summed E-state index contributed by atoms with van der Waals surface area (Å²) in [5.74, 6) is 0.257. The Morgan fingerprint density at radius 3 is 2.67 bits per heavy atom.